The van der Waals surface area contributed by atoms with Crippen LogP contribution in [0.15, 0.2) is 0 Å². The first-order chi connectivity index (χ1) is 3.80. The molecular formula is C6H10OS. The van der Waals surface area contributed by atoms with Crippen LogP contribution in [-0.4, -0.2) is 16.8 Å². The zero-order valence-electron chi connectivity index (χ0n) is 5.02. The first-order valence-corrected chi connectivity index (χ1v) is 3.97. The van der Waals surface area contributed by atoms with Crippen molar-refractivity contribution in [1.82, 2.24) is 0 Å². The van der Waals surface area contributed by atoms with Crippen LogP contribution in [0.2, 0.25) is 0 Å². The second kappa shape index (κ2) is 2.53. The van der Waals surface area contributed by atoms with Crippen LogP contribution in [-0.2, 0) is 4.79 Å². The number of rotatable bonds is 1. The molecule has 0 bridgehead atoms. The summed E-state index contributed by atoms with van der Waals surface area (Å²) in [6.45, 7) is 1.68. The van der Waals surface area contributed by atoms with Gasteiger partial charge in [0.2, 0.25) is 0 Å². The third-order valence-electron chi connectivity index (χ3n) is 1.38. The number of hydrogen-bond acceptors (Lipinski definition) is 2. The molecule has 1 aliphatic rings. The second-order valence-corrected chi connectivity index (χ2v) is 3.42. The minimum Gasteiger partial charge on any atom is -0.299 e. The van der Waals surface area contributed by atoms with Crippen LogP contribution in [0.4, 0.5) is 0 Å². The summed E-state index contributed by atoms with van der Waals surface area (Å²) in [4.78, 5) is 10.6. The summed E-state index contributed by atoms with van der Waals surface area (Å²) in [6.07, 6.45) is 2.34. The van der Waals surface area contributed by atoms with Crippen molar-refractivity contribution in [1.29, 1.82) is 0 Å². The van der Waals surface area contributed by atoms with E-state index in [2.05, 4.69) is 0 Å². The number of Topliss-reactive ketones (excluding diaryl/α,β-unsaturated/α-hetero) is 1. The lowest BCUT2D eigenvalue weighted by Gasteiger charge is -1.98. The van der Waals surface area contributed by atoms with Gasteiger partial charge in [0, 0.05) is 0 Å². The summed E-state index contributed by atoms with van der Waals surface area (Å²) >= 11 is 1.80. The number of ketones is 1. The van der Waals surface area contributed by atoms with E-state index in [1.807, 2.05) is 0 Å². The first-order valence-electron chi connectivity index (χ1n) is 2.93. The van der Waals surface area contributed by atoms with E-state index in [-0.39, 0.29) is 0 Å². The molecule has 1 unspecified atom stereocenters. The highest BCUT2D eigenvalue weighted by Crippen LogP contribution is 2.26. The minimum absolute atomic E-state index is 0.343. The standard InChI is InChI=1S/C6H10OS/c1-5(7)6-3-2-4-8-6/h6H,2-4H2,1H3. The molecule has 2 heteroatoms. The summed E-state index contributed by atoms with van der Waals surface area (Å²) < 4.78 is 0. The molecule has 1 heterocycles. The molecule has 1 rings (SSSR count). The van der Waals surface area contributed by atoms with Crippen molar-refractivity contribution in [2.75, 3.05) is 5.75 Å². The van der Waals surface area contributed by atoms with E-state index in [1.54, 1.807) is 18.7 Å². The third kappa shape index (κ3) is 1.25. The Morgan fingerprint density at radius 1 is 1.75 bits per heavy atom. The quantitative estimate of drug-likeness (QED) is 0.534. The van der Waals surface area contributed by atoms with Crippen LogP contribution < -0.4 is 0 Å². The lowest BCUT2D eigenvalue weighted by molar-refractivity contribution is -0.116. The molecule has 1 atom stereocenters. The van der Waals surface area contributed by atoms with Gasteiger partial charge in [-0.2, -0.15) is 11.8 Å². The van der Waals surface area contributed by atoms with Gasteiger partial charge in [-0.05, 0) is 25.5 Å². The van der Waals surface area contributed by atoms with Gasteiger partial charge >= 0.3 is 0 Å². The predicted octanol–water partition coefficient (Wildman–Crippen LogP) is 1.47. The van der Waals surface area contributed by atoms with E-state index in [4.69, 9.17) is 0 Å². The largest absolute Gasteiger partial charge is 0.299 e. The smallest absolute Gasteiger partial charge is 0.142 e. The fraction of sp³-hybridized carbons (Fsp3) is 0.833. The zero-order chi connectivity index (χ0) is 5.98. The zero-order valence-corrected chi connectivity index (χ0v) is 5.83. The van der Waals surface area contributed by atoms with Gasteiger partial charge in [0.25, 0.3) is 0 Å². The van der Waals surface area contributed by atoms with E-state index in [1.165, 1.54) is 12.2 Å². The van der Waals surface area contributed by atoms with Crippen molar-refractivity contribution in [2.24, 2.45) is 0 Å². The van der Waals surface area contributed by atoms with Gasteiger partial charge in [-0.25, -0.2) is 0 Å². The Labute approximate surface area is 53.8 Å². The van der Waals surface area contributed by atoms with E-state index in [0.29, 0.717) is 11.0 Å². The number of carbonyl (C=O) groups excluding carboxylic acids is 1. The molecule has 1 fully saturated rings. The highest BCUT2D eigenvalue weighted by Gasteiger charge is 2.18. The van der Waals surface area contributed by atoms with Crippen LogP contribution >= 0.6 is 11.8 Å². The molecule has 1 aliphatic heterocycles. The Kier molecular flexibility index (Phi) is 1.95. The van der Waals surface area contributed by atoms with E-state index in [9.17, 15) is 4.79 Å². The monoisotopic (exact) mass is 130 g/mol. The fourth-order valence-corrected chi connectivity index (χ4v) is 2.08. The summed E-state index contributed by atoms with van der Waals surface area (Å²) in [5.41, 5.74) is 0. The average Bonchev–Trinajstić information content (AvgIpc) is 2.12. The fourth-order valence-electron chi connectivity index (χ4n) is 0.898. The van der Waals surface area contributed by atoms with Crippen molar-refractivity contribution in [3.63, 3.8) is 0 Å². The lowest BCUT2D eigenvalue weighted by atomic mass is 10.2. The Hall–Kier alpha value is 0.0200. The summed E-state index contributed by atoms with van der Waals surface area (Å²) in [5.74, 6) is 1.54. The Bertz CT molecular complexity index is 94.7. The van der Waals surface area contributed by atoms with Gasteiger partial charge in [-0.15, -0.1) is 0 Å². The van der Waals surface area contributed by atoms with Gasteiger partial charge < -0.3 is 0 Å². The summed E-state index contributed by atoms with van der Waals surface area (Å²) in [6, 6.07) is 0. The van der Waals surface area contributed by atoms with E-state index in [0.717, 1.165) is 6.42 Å². The SMILES string of the molecule is CC(=O)C1CCCS1. The van der Waals surface area contributed by atoms with Crippen LogP contribution in [0.5, 0.6) is 0 Å². The van der Waals surface area contributed by atoms with Crippen molar-refractivity contribution in [2.45, 2.75) is 25.0 Å². The molecule has 0 radical (unpaired) electrons. The van der Waals surface area contributed by atoms with Gasteiger partial charge in [0.05, 0.1) is 5.25 Å². The maximum Gasteiger partial charge on any atom is 0.142 e. The Balaban J connectivity index is 2.35. The molecular weight excluding hydrogens is 120 g/mol. The normalized spacial score (nSPS) is 28.4. The molecule has 1 nitrogen and oxygen atoms in total. The van der Waals surface area contributed by atoms with E-state index < -0.39 is 0 Å². The predicted molar refractivity (Wildman–Crippen MR) is 36.2 cm³/mol. The molecule has 0 aromatic heterocycles. The van der Waals surface area contributed by atoms with Crippen LogP contribution in [0.25, 0.3) is 0 Å². The lowest BCUT2D eigenvalue weighted by Crippen LogP contribution is -2.07. The van der Waals surface area contributed by atoms with Gasteiger partial charge in [0.15, 0.2) is 0 Å². The molecule has 0 aromatic carbocycles. The molecule has 0 aromatic rings. The molecule has 0 N–H and O–H groups in total. The highest BCUT2D eigenvalue weighted by atomic mass is 32.2. The number of hydrogen-bond donors (Lipinski definition) is 0. The average molecular weight is 130 g/mol. The van der Waals surface area contributed by atoms with Gasteiger partial charge in [-0.1, -0.05) is 0 Å². The topological polar surface area (TPSA) is 17.1 Å². The maximum absolute atomic E-state index is 10.6. The highest BCUT2D eigenvalue weighted by molar-refractivity contribution is 8.00. The first kappa shape index (κ1) is 6.14. The van der Waals surface area contributed by atoms with Crippen LogP contribution in [0, 0.1) is 0 Å². The van der Waals surface area contributed by atoms with Crippen molar-refractivity contribution < 1.29 is 4.79 Å². The van der Waals surface area contributed by atoms with Crippen LogP contribution in [0.3, 0.4) is 0 Å². The molecule has 0 saturated carbocycles. The third-order valence-corrected chi connectivity index (χ3v) is 2.88. The number of carbonyl (C=O) groups is 1. The Morgan fingerprint density at radius 2 is 2.50 bits per heavy atom. The van der Waals surface area contributed by atoms with Gasteiger partial charge in [-0.3, -0.25) is 4.79 Å². The second-order valence-electron chi connectivity index (χ2n) is 2.11. The molecule has 8 heavy (non-hydrogen) atoms. The van der Waals surface area contributed by atoms with Crippen molar-refractivity contribution in [3.8, 4) is 0 Å². The Morgan fingerprint density at radius 3 is 2.75 bits per heavy atom. The maximum atomic E-state index is 10.6. The molecule has 0 aliphatic carbocycles. The molecule has 0 amide bonds. The molecule has 0 spiro atoms. The van der Waals surface area contributed by atoms with Crippen molar-refractivity contribution in [3.05, 3.63) is 0 Å². The van der Waals surface area contributed by atoms with Crippen LogP contribution in [0.1, 0.15) is 19.8 Å². The molecule has 46 valence electrons. The number of thioether (sulfide) groups is 1. The summed E-state index contributed by atoms with van der Waals surface area (Å²) in [5, 5.41) is 0.343. The molecule has 1 saturated heterocycles. The van der Waals surface area contributed by atoms with E-state index >= 15 is 0 Å². The minimum atomic E-state index is 0.343. The van der Waals surface area contributed by atoms with Gasteiger partial charge in [0.1, 0.15) is 5.78 Å². The summed E-state index contributed by atoms with van der Waals surface area (Å²) in [7, 11) is 0. The van der Waals surface area contributed by atoms with Crippen molar-refractivity contribution >= 4 is 17.5 Å².